The fourth-order valence-electron chi connectivity index (χ4n) is 2.70. The van der Waals surface area contributed by atoms with E-state index in [2.05, 4.69) is 0 Å². The number of amides is 1. The average molecular weight is 355 g/mol. The molecular weight excluding hydrogens is 330 g/mol. The molecule has 26 heavy (non-hydrogen) atoms. The summed E-state index contributed by atoms with van der Waals surface area (Å²) in [6.45, 7) is 7.90. The van der Waals surface area contributed by atoms with E-state index in [9.17, 15) is 9.59 Å². The van der Waals surface area contributed by atoms with Crippen LogP contribution in [0.2, 0.25) is 0 Å². The molecule has 0 atom stereocenters. The van der Waals surface area contributed by atoms with Crippen molar-refractivity contribution in [3.05, 3.63) is 59.2 Å². The van der Waals surface area contributed by atoms with Gasteiger partial charge in [0.2, 0.25) is 6.41 Å². The topological polar surface area (TPSA) is 55.8 Å². The van der Waals surface area contributed by atoms with Crippen LogP contribution in [0.15, 0.2) is 42.5 Å². The van der Waals surface area contributed by atoms with Crippen molar-refractivity contribution in [3.8, 4) is 11.1 Å². The summed E-state index contributed by atoms with van der Waals surface area (Å²) in [7, 11) is 1.36. The van der Waals surface area contributed by atoms with Crippen LogP contribution in [0, 0.1) is 6.92 Å². The van der Waals surface area contributed by atoms with Gasteiger partial charge >= 0.3 is 5.97 Å². The summed E-state index contributed by atoms with van der Waals surface area (Å²) in [6.07, 6.45) is 0.660. The molecule has 1 amide bonds. The number of ether oxygens (including phenoxy) is 1. The molecule has 5 heteroatoms. The second kappa shape index (κ2) is 8.15. The maximum absolute atomic E-state index is 12.2. The van der Waals surface area contributed by atoms with Crippen molar-refractivity contribution >= 4 is 12.4 Å². The van der Waals surface area contributed by atoms with Crippen molar-refractivity contribution < 1.29 is 19.2 Å². The van der Waals surface area contributed by atoms with Crippen molar-refractivity contribution in [1.29, 1.82) is 0 Å². The molecule has 0 heterocycles. The summed E-state index contributed by atoms with van der Waals surface area (Å²) in [4.78, 5) is 29.2. The van der Waals surface area contributed by atoms with Gasteiger partial charge in [-0.05, 0) is 62.1 Å². The minimum atomic E-state index is -0.480. The summed E-state index contributed by atoms with van der Waals surface area (Å²) in [5.41, 5.74) is 3.63. The Hall–Kier alpha value is -2.66. The zero-order chi connectivity index (χ0) is 19.3. The lowest BCUT2D eigenvalue weighted by molar-refractivity contribution is -0.220. The molecule has 5 nitrogen and oxygen atoms in total. The standard InChI is InChI=1S/C21H25NO4/c1-15-8-6-7-9-17(15)19-12-16(10-11-18(19)20(24)25-5)13-22(14-23)26-21(2,3)4/h6-12,14H,13H2,1-5H3. The highest BCUT2D eigenvalue weighted by molar-refractivity contribution is 5.97. The molecule has 0 fully saturated rings. The Bertz CT molecular complexity index is 793. The zero-order valence-corrected chi connectivity index (χ0v) is 15.9. The summed E-state index contributed by atoms with van der Waals surface area (Å²) in [5, 5.41) is 1.26. The Labute approximate surface area is 154 Å². The fraction of sp³-hybridized carbons (Fsp3) is 0.333. The van der Waals surface area contributed by atoms with Gasteiger partial charge in [0, 0.05) is 0 Å². The minimum Gasteiger partial charge on any atom is -0.465 e. The van der Waals surface area contributed by atoms with E-state index in [4.69, 9.17) is 9.57 Å². The number of benzene rings is 2. The Morgan fingerprint density at radius 1 is 1.12 bits per heavy atom. The van der Waals surface area contributed by atoms with E-state index in [0.29, 0.717) is 12.0 Å². The van der Waals surface area contributed by atoms with Gasteiger partial charge in [0.05, 0.1) is 24.8 Å². The summed E-state index contributed by atoms with van der Waals surface area (Å²) in [5.74, 6) is -0.395. The molecule has 0 saturated heterocycles. The number of rotatable bonds is 6. The third kappa shape index (κ3) is 4.92. The predicted molar refractivity (Wildman–Crippen MR) is 100 cm³/mol. The molecule has 0 aromatic heterocycles. The van der Waals surface area contributed by atoms with Crippen LogP contribution in [0.1, 0.15) is 42.3 Å². The van der Waals surface area contributed by atoms with Crippen molar-refractivity contribution in [2.24, 2.45) is 0 Å². The maximum Gasteiger partial charge on any atom is 0.338 e. The number of hydrogen-bond acceptors (Lipinski definition) is 4. The van der Waals surface area contributed by atoms with Gasteiger partial charge in [0.25, 0.3) is 0 Å². The fourth-order valence-corrected chi connectivity index (χ4v) is 2.70. The lowest BCUT2D eigenvalue weighted by Gasteiger charge is -2.27. The highest BCUT2D eigenvalue weighted by Crippen LogP contribution is 2.29. The van der Waals surface area contributed by atoms with E-state index in [1.165, 1.54) is 12.2 Å². The van der Waals surface area contributed by atoms with Gasteiger partial charge in [-0.2, -0.15) is 0 Å². The number of carbonyl (C=O) groups excluding carboxylic acids is 2. The lowest BCUT2D eigenvalue weighted by Crippen LogP contribution is -2.32. The van der Waals surface area contributed by atoms with Gasteiger partial charge in [-0.25, -0.2) is 9.86 Å². The number of hydroxylamine groups is 2. The van der Waals surface area contributed by atoms with Crippen molar-refractivity contribution in [3.63, 3.8) is 0 Å². The minimum absolute atomic E-state index is 0.279. The normalized spacial score (nSPS) is 11.1. The molecule has 0 aliphatic rings. The molecule has 2 aromatic rings. The monoisotopic (exact) mass is 355 g/mol. The van der Waals surface area contributed by atoms with Crippen LogP contribution in [0.5, 0.6) is 0 Å². The summed E-state index contributed by atoms with van der Waals surface area (Å²) < 4.78 is 4.92. The van der Waals surface area contributed by atoms with Crippen LogP contribution in [-0.2, 0) is 20.9 Å². The second-order valence-electron chi connectivity index (χ2n) is 7.07. The van der Waals surface area contributed by atoms with Crippen molar-refractivity contribution in [2.45, 2.75) is 39.8 Å². The van der Waals surface area contributed by atoms with E-state index in [-0.39, 0.29) is 6.54 Å². The molecule has 0 aliphatic carbocycles. The molecular formula is C21H25NO4. The molecule has 0 spiro atoms. The van der Waals surface area contributed by atoms with Crippen LogP contribution in [0.4, 0.5) is 0 Å². The van der Waals surface area contributed by atoms with Crippen molar-refractivity contribution in [2.75, 3.05) is 7.11 Å². The van der Waals surface area contributed by atoms with Gasteiger partial charge in [0.1, 0.15) is 0 Å². The van der Waals surface area contributed by atoms with Crippen LogP contribution >= 0.6 is 0 Å². The Kier molecular flexibility index (Phi) is 6.16. The Morgan fingerprint density at radius 3 is 2.38 bits per heavy atom. The molecule has 0 bridgehead atoms. The Balaban J connectivity index is 2.45. The molecule has 2 aromatic carbocycles. The largest absolute Gasteiger partial charge is 0.465 e. The van der Waals surface area contributed by atoms with Crippen LogP contribution in [0.3, 0.4) is 0 Å². The molecule has 0 saturated carbocycles. The number of esters is 1. The maximum atomic E-state index is 12.2. The second-order valence-corrected chi connectivity index (χ2v) is 7.07. The van der Waals surface area contributed by atoms with E-state index in [0.717, 1.165) is 22.3 Å². The highest BCUT2D eigenvalue weighted by Gasteiger charge is 2.19. The third-order valence-corrected chi connectivity index (χ3v) is 3.77. The van der Waals surface area contributed by atoms with Crippen LogP contribution < -0.4 is 0 Å². The van der Waals surface area contributed by atoms with Crippen LogP contribution in [0.25, 0.3) is 11.1 Å². The van der Waals surface area contributed by atoms with E-state index >= 15 is 0 Å². The Morgan fingerprint density at radius 2 is 1.81 bits per heavy atom. The number of aryl methyl sites for hydroxylation is 1. The highest BCUT2D eigenvalue weighted by atomic mass is 16.7. The number of hydrogen-bond donors (Lipinski definition) is 0. The number of carbonyl (C=O) groups is 2. The van der Waals surface area contributed by atoms with Gasteiger partial charge in [-0.1, -0.05) is 30.3 Å². The molecule has 2 rings (SSSR count). The smallest absolute Gasteiger partial charge is 0.338 e. The predicted octanol–water partition coefficient (Wildman–Crippen LogP) is 4.14. The molecule has 0 unspecified atom stereocenters. The first-order chi connectivity index (χ1) is 12.2. The van der Waals surface area contributed by atoms with E-state index in [1.54, 1.807) is 12.1 Å². The first-order valence-corrected chi connectivity index (χ1v) is 8.43. The van der Waals surface area contributed by atoms with Gasteiger partial charge in [-0.3, -0.25) is 9.63 Å². The van der Waals surface area contributed by atoms with Crippen LogP contribution in [-0.4, -0.2) is 30.2 Å². The first-order valence-electron chi connectivity index (χ1n) is 8.43. The SMILES string of the molecule is COC(=O)c1ccc(CN(C=O)OC(C)(C)C)cc1-c1ccccc1C. The lowest BCUT2D eigenvalue weighted by atomic mass is 9.94. The van der Waals surface area contributed by atoms with E-state index < -0.39 is 11.6 Å². The third-order valence-electron chi connectivity index (χ3n) is 3.77. The van der Waals surface area contributed by atoms with E-state index in [1.807, 2.05) is 58.0 Å². The zero-order valence-electron chi connectivity index (χ0n) is 15.9. The summed E-state index contributed by atoms with van der Waals surface area (Å²) >= 11 is 0. The molecule has 138 valence electrons. The first kappa shape index (κ1) is 19.7. The molecule has 0 aliphatic heterocycles. The average Bonchev–Trinajstić information content (AvgIpc) is 2.59. The molecule has 0 N–H and O–H groups in total. The van der Waals surface area contributed by atoms with Gasteiger partial charge in [-0.15, -0.1) is 0 Å². The quantitative estimate of drug-likeness (QED) is 0.444. The van der Waals surface area contributed by atoms with Crippen molar-refractivity contribution in [1.82, 2.24) is 5.06 Å². The van der Waals surface area contributed by atoms with Gasteiger partial charge < -0.3 is 4.74 Å². The number of nitrogens with zero attached hydrogens (tertiary/aromatic N) is 1. The number of methoxy groups -OCH3 is 1. The van der Waals surface area contributed by atoms with Gasteiger partial charge in [0.15, 0.2) is 0 Å². The molecule has 0 radical (unpaired) electrons. The summed E-state index contributed by atoms with van der Waals surface area (Å²) in [6, 6.07) is 13.3.